The van der Waals surface area contributed by atoms with Crippen LogP contribution in [0.2, 0.25) is 5.02 Å². The molecule has 0 spiro atoms. The molecule has 0 aliphatic carbocycles. The number of nitrogens with one attached hydrogen (secondary N) is 1. The number of carbonyl (C=O) groups excluding carboxylic acids is 2. The van der Waals surface area contributed by atoms with Gasteiger partial charge in [-0.3, -0.25) is 13.9 Å². The summed E-state index contributed by atoms with van der Waals surface area (Å²) in [6, 6.07) is 13.1. The minimum Gasteiger partial charge on any atom is -0.352 e. The van der Waals surface area contributed by atoms with Gasteiger partial charge in [-0.25, -0.2) is 8.42 Å². The molecule has 0 aliphatic heterocycles. The van der Waals surface area contributed by atoms with Crippen LogP contribution in [0, 0.1) is 6.92 Å². The van der Waals surface area contributed by atoms with Gasteiger partial charge in [0.2, 0.25) is 21.8 Å². The third-order valence-corrected chi connectivity index (χ3v) is 6.75. The minimum atomic E-state index is -3.79. The van der Waals surface area contributed by atoms with Gasteiger partial charge in [0.15, 0.2) is 0 Å². The van der Waals surface area contributed by atoms with Crippen LogP contribution in [0.4, 0.5) is 5.69 Å². The Kier molecular flexibility index (Phi) is 9.31. The number of benzene rings is 2. The molecule has 2 rings (SSSR count). The molecule has 180 valence electrons. The molecule has 9 heteroatoms. The average molecular weight is 494 g/mol. The van der Waals surface area contributed by atoms with Crippen LogP contribution in [0.15, 0.2) is 48.5 Å². The predicted octanol–water partition coefficient (Wildman–Crippen LogP) is 3.75. The maximum atomic E-state index is 13.5. The molecule has 0 aromatic heterocycles. The highest BCUT2D eigenvalue weighted by molar-refractivity contribution is 7.92. The summed E-state index contributed by atoms with van der Waals surface area (Å²) in [5, 5.41) is 3.26. The molecule has 2 atom stereocenters. The molecule has 0 radical (unpaired) electrons. The standard InChI is InChI=1S/C24H32ClN3O4S/c1-6-18(3)26-24(30)19(4)27(15-20-10-7-9-17(2)13-20)23(29)16-28(33(5,31)32)22-12-8-11-21(25)14-22/h7-14,18-19H,6,15-16H2,1-5H3,(H,26,30)/t18-,19-/m1/s1. The van der Waals surface area contributed by atoms with E-state index in [2.05, 4.69) is 5.32 Å². The molecule has 0 unspecified atom stereocenters. The van der Waals surface area contributed by atoms with Crippen molar-refractivity contribution in [2.24, 2.45) is 0 Å². The third kappa shape index (κ3) is 7.75. The van der Waals surface area contributed by atoms with Crippen molar-refractivity contribution >= 4 is 39.1 Å². The molecular formula is C24H32ClN3O4S. The summed E-state index contributed by atoms with van der Waals surface area (Å²) in [4.78, 5) is 27.7. The van der Waals surface area contributed by atoms with Gasteiger partial charge in [-0.05, 0) is 51.0 Å². The monoisotopic (exact) mass is 493 g/mol. The molecule has 0 aliphatic rings. The Hall–Kier alpha value is -2.58. The van der Waals surface area contributed by atoms with E-state index >= 15 is 0 Å². The number of carbonyl (C=O) groups is 2. The van der Waals surface area contributed by atoms with Gasteiger partial charge in [-0.2, -0.15) is 0 Å². The van der Waals surface area contributed by atoms with Crippen LogP contribution >= 0.6 is 11.6 Å². The summed E-state index contributed by atoms with van der Waals surface area (Å²) in [5.74, 6) is -0.785. The number of amides is 2. The number of nitrogens with zero attached hydrogens (tertiary/aromatic N) is 2. The van der Waals surface area contributed by atoms with E-state index in [9.17, 15) is 18.0 Å². The van der Waals surface area contributed by atoms with E-state index in [-0.39, 0.29) is 24.2 Å². The number of halogens is 1. The van der Waals surface area contributed by atoms with Crippen molar-refractivity contribution in [3.8, 4) is 0 Å². The van der Waals surface area contributed by atoms with E-state index in [1.54, 1.807) is 25.1 Å². The zero-order chi connectivity index (χ0) is 24.8. The molecule has 2 amide bonds. The maximum absolute atomic E-state index is 13.5. The average Bonchev–Trinajstić information content (AvgIpc) is 2.74. The molecule has 0 heterocycles. The van der Waals surface area contributed by atoms with Crippen LogP contribution in [0.25, 0.3) is 0 Å². The number of hydrogen-bond donors (Lipinski definition) is 1. The number of hydrogen-bond acceptors (Lipinski definition) is 4. The predicted molar refractivity (Wildman–Crippen MR) is 133 cm³/mol. The van der Waals surface area contributed by atoms with Crippen molar-refractivity contribution in [2.45, 2.75) is 52.7 Å². The van der Waals surface area contributed by atoms with Gasteiger partial charge in [0, 0.05) is 17.6 Å². The Morgan fingerprint density at radius 3 is 2.33 bits per heavy atom. The van der Waals surface area contributed by atoms with Crippen LogP contribution < -0.4 is 9.62 Å². The van der Waals surface area contributed by atoms with Crippen molar-refractivity contribution in [1.29, 1.82) is 0 Å². The first-order chi connectivity index (χ1) is 15.4. The van der Waals surface area contributed by atoms with Crippen molar-refractivity contribution in [2.75, 3.05) is 17.1 Å². The summed E-state index contributed by atoms with van der Waals surface area (Å²) in [6.45, 7) is 7.16. The van der Waals surface area contributed by atoms with Gasteiger partial charge in [-0.15, -0.1) is 0 Å². The quantitative estimate of drug-likeness (QED) is 0.546. The van der Waals surface area contributed by atoms with Crippen molar-refractivity contribution in [1.82, 2.24) is 10.2 Å². The van der Waals surface area contributed by atoms with Gasteiger partial charge < -0.3 is 10.2 Å². The summed E-state index contributed by atoms with van der Waals surface area (Å²) in [7, 11) is -3.79. The van der Waals surface area contributed by atoms with Crippen molar-refractivity contribution in [3.05, 3.63) is 64.7 Å². The van der Waals surface area contributed by atoms with Gasteiger partial charge >= 0.3 is 0 Å². The fourth-order valence-electron chi connectivity index (χ4n) is 3.30. The van der Waals surface area contributed by atoms with Crippen LogP contribution in [-0.4, -0.2) is 50.0 Å². The Labute approximate surface area is 201 Å². The Bertz CT molecular complexity index is 1090. The highest BCUT2D eigenvalue weighted by Gasteiger charge is 2.30. The lowest BCUT2D eigenvalue weighted by Crippen LogP contribution is -2.52. The highest BCUT2D eigenvalue weighted by atomic mass is 35.5. The van der Waals surface area contributed by atoms with E-state index < -0.39 is 28.5 Å². The number of sulfonamides is 1. The summed E-state index contributed by atoms with van der Waals surface area (Å²) < 4.78 is 26.1. The van der Waals surface area contributed by atoms with Gasteiger partial charge in [0.25, 0.3) is 0 Å². The fourth-order valence-corrected chi connectivity index (χ4v) is 4.33. The number of anilines is 1. The smallest absolute Gasteiger partial charge is 0.244 e. The maximum Gasteiger partial charge on any atom is 0.244 e. The lowest BCUT2D eigenvalue weighted by atomic mass is 10.1. The molecule has 0 bridgehead atoms. The van der Waals surface area contributed by atoms with Gasteiger partial charge in [0.1, 0.15) is 12.6 Å². The SMILES string of the molecule is CC[C@@H](C)NC(=O)[C@@H](C)N(Cc1cccc(C)c1)C(=O)CN(c1cccc(Cl)c1)S(C)(=O)=O. The van der Waals surface area contributed by atoms with E-state index in [1.165, 1.54) is 11.0 Å². The van der Waals surface area contributed by atoms with Gasteiger partial charge in [0.05, 0.1) is 11.9 Å². The van der Waals surface area contributed by atoms with Crippen LogP contribution in [0.1, 0.15) is 38.3 Å². The highest BCUT2D eigenvalue weighted by Crippen LogP contribution is 2.22. The zero-order valence-electron chi connectivity index (χ0n) is 19.7. The second kappa shape index (κ2) is 11.5. The molecule has 0 saturated heterocycles. The Balaban J connectivity index is 2.38. The first-order valence-electron chi connectivity index (χ1n) is 10.8. The Morgan fingerprint density at radius 2 is 1.76 bits per heavy atom. The minimum absolute atomic E-state index is 0.0464. The van der Waals surface area contributed by atoms with Crippen molar-refractivity contribution < 1.29 is 18.0 Å². The lowest BCUT2D eigenvalue weighted by Gasteiger charge is -2.32. The van der Waals surface area contributed by atoms with Crippen LogP contribution in [0.5, 0.6) is 0 Å². The third-order valence-electron chi connectivity index (χ3n) is 5.38. The van der Waals surface area contributed by atoms with Gasteiger partial charge in [-0.1, -0.05) is 54.4 Å². The van der Waals surface area contributed by atoms with Crippen LogP contribution in [-0.2, 0) is 26.2 Å². The molecule has 7 nitrogen and oxygen atoms in total. The van der Waals surface area contributed by atoms with E-state index in [4.69, 9.17) is 11.6 Å². The fraction of sp³-hybridized carbons (Fsp3) is 0.417. The molecule has 2 aromatic rings. The van der Waals surface area contributed by atoms with Crippen LogP contribution in [0.3, 0.4) is 0 Å². The Morgan fingerprint density at radius 1 is 1.09 bits per heavy atom. The van der Waals surface area contributed by atoms with E-state index in [0.29, 0.717) is 5.02 Å². The summed E-state index contributed by atoms with van der Waals surface area (Å²) in [6.07, 6.45) is 1.78. The first-order valence-corrected chi connectivity index (χ1v) is 13.0. The lowest BCUT2D eigenvalue weighted by molar-refractivity contribution is -0.139. The molecule has 2 aromatic carbocycles. The zero-order valence-corrected chi connectivity index (χ0v) is 21.3. The largest absolute Gasteiger partial charge is 0.352 e. The summed E-state index contributed by atoms with van der Waals surface area (Å²) in [5.41, 5.74) is 2.15. The van der Waals surface area contributed by atoms with Crippen molar-refractivity contribution in [3.63, 3.8) is 0 Å². The van der Waals surface area contributed by atoms with E-state index in [0.717, 1.165) is 28.1 Å². The topological polar surface area (TPSA) is 86.8 Å². The number of rotatable bonds is 10. The first kappa shape index (κ1) is 26.7. The number of aryl methyl sites for hydroxylation is 1. The second-order valence-electron chi connectivity index (χ2n) is 8.25. The summed E-state index contributed by atoms with van der Waals surface area (Å²) >= 11 is 6.04. The normalized spacial score (nSPS) is 13.2. The van der Waals surface area contributed by atoms with E-state index in [1.807, 2.05) is 45.0 Å². The molecule has 0 fully saturated rings. The second-order valence-corrected chi connectivity index (χ2v) is 10.6. The molecule has 0 saturated carbocycles. The molecular weight excluding hydrogens is 462 g/mol. The molecule has 33 heavy (non-hydrogen) atoms. The molecule has 1 N–H and O–H groups in total.